The zero-order valence-corrected chi connectivity index (χ0v) is 12.1. The van der Waals surface area contributed by atoms with Gasteiger partial charge in [-0.25, -0.2) is 0 Å². The molecule has 2 nitrogen and oxygen atoms in total. The Kier molecular flexibility index (Phi) is 3.10. The van der Waals surface area contributed by atoms with Crippen molar-refractivity contribution in [1.82, 2.24) is 0 Å². The average molecular weight is 329 g/mol. The maximum atomic E-state index is 12.0. The van der Waals surface area contributed by atoms with Gasteiger partial charge in [-0.1, -0.05) is 0 Å². The number of allylic oxidation sites excluding steroid dienone is 1. The number of nitrogens with zero attached hydrogens (tertiary/aromatic N) is 1. The molecule has 0 saturated heterocycles. The van der Waals surface area contributed by atoms with Gasteiger partial charge in [-0.3, -0.25) is 0 Å². The summed E-state index contributed by atoms with van der Waals surface area (Å²) in [4.78, 5) is 0. The Morgan fingerprint density at radius 3 is 2.25 bits per heavy atom. The van der Waals surface area contributed by atoms with Crippen molar-refractivity contribution in [2.75, 3.05) is 0 Å². The molecule has 0 fully saturated rings. The summed E-state index contributed by atoms with van der Waals surface area (Å²) in [6.45, 7) is 6.30. The van der Waals surface area contributed by atoms with E-state index in [0.717, 1.165) is 14.9 Å². The third-order valence-electron chi connectivity index (χ3n) is 2.46. The van der Waals surface area contributed by atoms with Gasteiger partial charge in [0.15, 0.2) is 0 Å². The normalized spacial score (nSPS) is 17.2. The van der Waals surface area contributed by atoms with E-state index >= 15 is 0 Å². The molecule has 0 aromatic heterocycles. The predicted molar refractivity (Wildman–Crippen MR) is 67.7 cm³/mol. The molecule has 1 aliphatic heterocycles. The third-order valence-corrected chi connectivity index (χ3v) is 5.58. The molecule has 3 heteroatoms. The fraction of sp³-hybridized carbons (Fsp3) is 0.308. The number of benzene rings is 1. The van der Waals surface area contributed by atoms with Crippen LogP contribution in [0, 0.1) is 5.41 Å². The Hall–Kier alpha value is -0.780. The molecule has 0 atom stereocenters. The molecule has 1 heterocycles. The van der Waals surface area contributed by atoms with Gasteiger partial charge < -0.3 is 0 Å². The van der Waals surface area contributed by atoms with Gasteiger partial charge in [-0.05, 0) is 0 Å². The van der Waals surface area contributed by atoms with E-state index in [1.165, 1.54) is 0 Å². The Bertz CT molecular complexity index is 480. The first-order valence-corrected chi connectivity index (χ1v) is 8.42. The number of hydrogen-bond donors (Lipinski definition) is 0. The van der Waals surface area contributed by atoms with Crippen molar-refractivity contribution in [3.8, 4) is 0 Å². The molecule has 1 aromatic carbocycles. The molecular weight excluding hydrogens is 314 g/mol. The Morgan fingerprint density at radius 1 is 1.12 bits per heavy atom. The maximum absolute atomic E-state index is 12.0. The molecule has 2 rings (SSSR count). The van der Waals surface area contributed by atoms with Crippen LogP contribution in [-0.2, 0) is 3.10 Å². The molecule has 16 heavy (non-hydrogen) atoms. The molecule has 0 amide bonds. The molecule has 0 spiro atoms. The van der Waals surface area contributed by atoms with Crippen LogP contribution in [0.1, 0.15) is 26.3 Å². The minimum atomic E-state index is -2.66. The van der Waals surface area contributed by atoms with Crippen LogP contribution in [0.2, 0.25) is 0 Å². The zero-order valence-electron chi connectivity index (χ0n) is 9.73. The van der Waals surface area contributed by atoms with Crippen LogP contribution in [-0.4, -0.2) is 25.5 Å². The summed E-state index contributed by atoms with van der Waals surface area (Å²) in [7, 11) is 0. The van der Waals surface area contributed by atoms with Crippen LogP contribution in [0.25, 0.3) is 3.62 Å². The molecule has 84 valence electrons. The second-order valence-corrected chi connectivity index (χ2v) is 8.05. The SMILES string of the molecule is CC(C)(C)C1=N[Te](=O)C(c2ccccc2)=C1. The van der Waals surface area contributed by atoms with Crippen molar-refractivity contribution in [1.29, 1.82) is 0 Å². The van der Waals surface area contributed by atoms with E-state index in [4.69, 9.17) is 0 Å². The average Bonchev–Trinajstić information content (AvgIpc) is 2.61. The van der Waals surface area contributed by atoms with E-state index in [9.17, 15) is 3.10 Å². The quantitative estimate of drug-likeness (QED) is 0.729. The van der Waals surface area contributed by atoms with E-state index in [2.05, 4.69) is 24.0 Å². The van der Waals surface area contributed by atoms with Crippen LogP contribution >= 0.6 is 0 Å². The summed E-state index contributed by atoms with van der Waals surface area (Å²) in [6.07, 6.45) is 2.01. The fourth-order valence-electron chi connectivity index (χ4n) is 1.48. The van der Waals surface area contributed by atoms with E-state index in [1.54, 1.807) is 0 Å². The standard InChI is InChI=1S/C13H15NOTe/c1-13(2,3)12-9-11(16(15)14-12)10-7-5-4-6-8-10/h4-9H,1-3H3. The van der Waals surface area contributed by atoms with Crippen LogP contribution in [0.4, 0.5) is 0 Å². The van der Waals surface area contributed by atoms with Crippen molar-refractivity contribution in [2.45, 2.75) is 20.8 Å². The molecule has 0 radical (unpaired) electrons. The van der Waals surface area contributed by atoms with Crippen molar-refractivity contribution >= 4 is 29.1 Å². The van der Waals surface area contributed by atoms with Gasteiger partial charge in [-0.2, -0.15) is 0 Å². The Morgan fingerprint density at radius 2 is 1.75 bits per heavy atom. The number of rotatable bonds is 1. The van der Waals surface area contributed by atoms with Crippen molar-refractivity contribution in [3.05, 3.63) is 42.0 Å². The van der Waals surface area contributed by atoms with Gasteiger partial charge in [0.25, 0.3) is 0 Å². The predicted octanol–water partition coefficient (Wildman–Crippen LogP) is 3.03. The van der Waals surface area contributed by atoms with Gasteiger partial charge in [-0.15, -0.1) is 0 Å². The molecule has 0 aliphatic carbocycles. The molecule has 0 unspecified atom stereocenters. The summed E-state index contributed by atoms with van der Waals surface area (Å²) < 4.78 is 17.3. The van der Waals surface area contributed by atoms with Crippen molar-refractivity contribution < 1.29 is 3.10 Å². The molecule has 0 saturated carbocycles. The van der Waals surface area contributed by atoms with Gasteiger partial charge in [0.1, 0.15) is 0 Å². The first-order chi connectivity index (χ1) is 7.48. The van der Waals surface area contributed by atoms with Gasteiger partial charge >= 0.3 is 104 Å². The van der Waals surface area contributed by atoms with Crippen molar-refractivity contribution in [2.24, 2.45) is 8.66 Å². The van der Waals surface area contributed by atoms with Crippen LogP contribution in [0.5, 0.6) is 0 Å². The second kappa shape index (κ2) is 4.24. The summed E-state index contributed by atoms with van der Waals surface area (Å²) in [5.41, 5.74) is 2.01. The Labute approximate surface area is 103 Å². The summed E-state index contributed by atoms with van der Waals surface area (Å²) >= 11 is -2.66. The van der Waals surface area contributed by atoms with Crippen LogP contribution in [0.3, 0.4) is 0 Å². The molecule has 0 N–H and O–H groups in total. The van der Waals surface area contributed by atoms with Gasteiger partial charge in [0, 0.05) is 0 Å². The third kappa shape index (κ3) is 2.31. The van der Waals surface area contributed by atoms with E-state index in [0.29, 0.717) is 0 Å². The summed E-state index contributed by atoms with van der Waals surface area (Å²) in [5.74, 6) is 0. The minimum absolute atomic E-state index is 0.0139. The summed E-state index contributed by atoms with van der Waals surface area (Å²) in [6, 6.07) is 9.90. The zero-order chi connectivity index (χ0) is 11.8. The first kappa shape index (κ1) is 11.7. The molecular formula is C13H15NOTe. The van der Waals surface area contributed by atoms with Gasteiger partial charge in [0.05, 0.1) is 0 Å². The van der Waals surface area contributed by atoms with E-state index in [1.807, 2.05) is 36.4 Å². The van der Waals surface area contributed by atoms with Crippen molar-refractivity contribution in [3.63, 3.8) is 0 Å². The number of hydrogen-bond acceptors (Lipinski definition) is 1. The van der Waals surface area contributed by atoms with E-state index < -0.39 is 19.8 Å². The molecule has 0 bridgehead atoms. The monoisotopic (exact) mass is 331 g/mol. The first-order valence-electron chi connectivity index (χ1n) is 5.27. The van der Waals surface area contributed by atoms with E-state index in [-0.39, 0.29) is 5.41 Å². The molecule has 1 aromatic rings. The van der Waals surface area contributed by atoms with Crippen LogP contribution in [0.15, 0.2) is 39.7 Å². The second-order valence-electron chi connectivity index (χ2n) is 4.85. The molecule has 1 aliphatic rings. The topological polar surface area (TPSA) is 29.4 Å². The Balaban J connectivity index is 2.38. The van der Waals surface area contributed by atoms with Crippen LogP contribution < -0.4 is 0 Å². The fourth-order valence-corrected chi connectivity index (χ4v) is 4.77. The van der Waals surface area contributed by atoms with Gasteiger partial charge in [0.2, 0.25) is 0 Å². The summed E-state index contributed by atoms with van der Waals surface area (Å²) in [5, 5.41) is 0.